The maximum atomic E-state index is 6.09. The molecular weight excluding hydrogens is 248 g/mol. The lowest BCUT2D eigenvalue weighted by atomic mass is 10.0. The van der Waals surface area contributed by atoms with Crippen LogP contribution in [-0.2, 0) is 0 Å². The molecule has 1 N–H and O–H groups in total. The van der Waals surface area contributed by atoms with Crippen LogP contribution in [0, 0.1) is 0 Å². The number of rotatable bonds is 4. The second-order valence-electron chi connectivity index (χ2n) is 4.82. The van der Waals surface area contributed by atoms with E-state index < -0.39 is 0 Å². The van der Waals surface area contributed by atoms with Gasteiger partial charge >= 0.3 is 0 Å². The normalized spacial score (nSPS) is 15.3. The number of para-hydroxylation sites is 1. The van der Waals surface area contributed by atoms with Gasteiger partial charge in [-0.3, -0.25) is 4.99 Å². The Hall–Kier alpha value is -2.29. The SMILES string of the molecule is C[C@@H](Oc1ccccc1-c1ccccc1)C1=NCCN1. The van der Waals surface area contributed by atoms with Gasteiger partial charge in [-0.1, -0.05) is 48.5 Å². The molecule has 0 fully saturated rings. The van der Waals surface area contributed by atoms with E-state index in [1.54, 1.807) is 0 Å². The fourth-order valence-corrected chi connectivity index (χ4v) is 2.36. The molecular formula is C17H18N2O. The third kappa shape index (κ3) is 2.67. The number of hydrogen-bond acceptors (Lipinski definition) is 3. The zero-order valence-electron chi connectivity index (χ0n) is 11.5. The van der Waals surface area contributed by atoms with Crippen LogP contribution in [0.3, 0.4) is 0 Å². The average Bonchev–Trinajstić information content (AvgIpc) is 3.03. The third-order valence-electron chi connectivity index (χ3n) is 3.36. The molecule has 1 heterocycles. The average molecular weight is 266 g/mol. The van der Waals surface area contributed by atoms with Crippen molar-refractivity contribution in [3.05, 3.63) is 54.6 Å². The number of amidine groups is 1. The summed E-state index contributed by atoms with van der Waals surface area (Å²) in [7, 11) is 0. The number of nitrogens with zero attached hydrogens (tertiary/aromatic N) is 1. The van der Waals surface area contributed by atoms with E-state index in [2.05, 4.69) is 28.5 Å². The van der Waals surface area contributed by atoms with E-state index in [0.29, 0.717) is 0 Å². The van der Waals surface area contributed by atoms with E-state index in [9.17, 15) is 0 Å². The Morgan fingerprint density at radius 2 is 1.80 bits per heavy atom. The molecule has 0 unspecified atom stereocenters. The maximum absolute atomic E-state index is 6.09. The number of aliphatic imine (C=N–C) groups is 1. The summed E-state index contributed by atoms with van der Waals surface area (Å²) in [5.41, 5.74) is 2.27. The van der Waals surface area contributed by atoms with Crippen molar-refractivity contribution in [2.75, 3.05) is 13.1 Å². The lowest BCUT2D eigenvalue weighted by Gasteiger charge is -2.18. The standard InChI is InChI=1S/C17H18N2O/c1-13(17-18-11-12-19-17)20-16-10-6-5-9-15(16)14-7-3-2-4-8-14/h2-10,13H,11-12H2,1H3,(H,18,19)/t13-/m1/s1. The zero-order valence-corrected chi connectivity index (χ0v) is 11.5. The Labute approximate surface area is 119 Å². The first-order chi connectivity index (χ1) is 9.84. The van der Waals surface area contributed by atoms with Gasteiger partial charge in [0.1, 0.15) is 11.6 Å². The molecule has 3 heteroatoms. The van der Waals surface area contributed by atoms with E-state index >= 15 is 0 Å². The minimum absolute atomic E-state index is 0.0534. The smallest absolute Gasteiger partial charge is 0.152 e. The van der Waals surface area contributed by atoms with Crippen molar-refractivity contribution in [1.29, 1.82) is 0 Å². The summed E-state index contributed by atoms with van der Waals surface area (Å²) in [5.74, 6) is 1.83. The van der Waals surface area contributed by atoms with Gasteiger partial charge < -0.3 is 10.1 Å². The summed E-state index contributed by atoms with van der Waals surface area (Å²) >= 11 is 0. The largest absolute Gasteiger partial charge is 0.482 e. The van der Waals surface area contributed by atoms with Crippen LogP contribution < -0.4 is 10.1 Å². The van der Waals surface area contributed by atoms with Crippen molar-refractivity contribution >= 4 is 5.84 Å². The predicted molar refractivity (Wildman–Crippen MR) is 82.3 cm³/mol. The van der Waals surface area contributed by atoms with Crippen molar-refractivity contribution in [2.24, 2.45) is 4.99 Å². The first-order valence-corrected chi connectivity index (χ1v) is 6.94. The van der Waals surface area contributed by atoms with Crippen molar-refractivity contribution in [3.63, 3.8) is 0 Å². The van der Waals surface area contributed by atoms with Crippen LogP contribution >= 0.6 is 0 Å². The molecule has 0 saturated heterocycles. The fourth-order valence-electron chi connectivity index (χ4n) is 2.36. The van der Waals surface area contributed by atoms with Crippen molar-refractivity contribution < 1.29 is 4.74 Å². The van der Waals surface area contributed by atoms with Crippen LogP contribution in [0.5, 0.6) is 5.75 Å². The molecule has 102 valence electrons. The third-order valence-corrected chi connectivity index (χ3v) is 3.36. The molecule has 0 saturated carbocycles. The van der Waals surface area contributed by atoms with Gasteiger partial charge in [-0.25, -0.2) is 0 Å². The van der Waals surface area contributed by atoms with E-state index in [1.807, 2.05) is 43.3 Å². The second-order valence-corrected chi connectivity index (χ2v) is 4.82. The summed E-state index contributed by atoms with van der Waals surface area (Å²) in [4.78, 5) is 4.41. The van der Waals surface area contributed by atoms with E-state index in [-0.39, 0.29) is 6.10 Å². The molecule has 0 radical (unpaired) electrons. The highest BCUT2D eigenvalue weighted by Crippen LogP contribution is 2.30. The Morgan fingerprint density at radius 3 is 2.55 bits per heavy atom. The number of hydrogen-bond donors (Lipinski definition) is 1. The van der Waals surface area contributed by atoms with Gasteiger partial charge in [0, 0.05) is 12.1 Å². The lowest BCUT2D eigenvalue weighted by molar-refractivity contribution is 0.285. The molecule has 0 aromatic heterocycles. The van der Waals surface area contributed by atoms with Crippen molar-refractivity contribution in [1.82, 2.24) is 5.32 Å². The summed E-state index contributed by atoms with van der Waals surface area (Å²) in [6, 6.07) is 18.4. The van der Waals surface area contributed by atoms with Gasteiger partial charge in [0.2, 0.25) is 0 Å². The molecule has 1 atom stereocenters. The zero-order chi connectivity index (χ0) is 13.8. The first-order valence-electron chi connectivity index (χ1n) is 6.94. The highest BCUT2D eigenvalue weighted by atomic mass is 16.5. The first kappa shape index (κ1) is 12.7. The topological polar surface area (TPSA) is 33.6 Å². The summed E-state index contributed by atoms with van der Waals surface area (Å²) in [6.45, 7) is 3.77. The minimum atomic E-state index is -0.0534. The number of nitrogens with one attached hydrogen (secondary N) is 1. The molecule has 3 rings (SSSR count). The molecule has 2 aromatic carbocycles. The molecule has 0 bridgehead atoms. The van der Waals surface area contributed by atoms with Gasteiger partial charge in [-0.2, -0.15) is 0 Å². The molecule has 3 nitrogen and oxygen atoms in total. The quantitative estimate of drug-likeness (QED) is 0.922. The van der Waals surface area contributed by atoms with Gasteiger partial charge in [-0.05, 0) is 18.6 Å². The summed E-state index contributed by atoms with van der Waals surface area (Å²) in [5, 5.41) is 3.26. The van der Waals surface area contributed by atoms with Gasteiger partial charge in [0.25, 0.3) is 0 Å². The predicted octanol–water partition coefficient (Wildman–Crippen LogP) is 3.12. The maximum Gasteiger partial charge on any atom is 0.152 e. The highest BCUT2D eigenvalue weighted by molar-refractivity contribution is 5.88. The van der Waals surface area contributed by atoms with Crippen molar-refractivity contribution in [2.45, 2.75) is 13.0 Å². The van der Waals surface area contributed by atoms with Crippen LogP contribution in [0.15, 0.2) is 59.6 Å². The molecule has 1 aliphatic rings. The monoisotopic (exact) mass is 266 g/mol. The summed E-state index contributed by atoms with van der Waals surface area (Å²) in [6.07, 6.45) is -0.0534. The van der Waals surface area contributed by atoms with Crippen LogP contribution in [0.1, 0.15) is 6.92 Å². The molecule has 0 amide bonds. The minimum Gasteiger partial charge on any atom is -0.482 e. The van der Waals surface area contributed by atoms with Crippen molar-refractivity contribution in [3.8, 4) is 16.9 Å². The Kier molecular flexibility index (Phi) is 3.68. The van der Waals surface area contributed by atoms with Crippen LogP contribution in [-0.4, -0.2) is 25.0 Å². The van der Waals surface area contributed by atoms with Gasteiger partial charge in [0.05, 0.1) is 6.54 Å². The van der Waals surface area contributed by atoms with Crippen LogP contribution in [0.25, 0.3) is 11.1 Å². The molecule has 2 aromatic rings. The van der Waals surface area contributed by atoms with Crippen LogP contribution in [0.4, 0.5) is 0 Å². The van der Waals surface area contributed by atoms with E-state index in [4.69, 9.17) is 4.74 Å². The molecule has 0 aliphatic carbocycles. The lowest BCUT2D eigenvalue weighted by Crippen LogP contribution is -2.33. The molecule has 20 heavy (non-hydrogen) atoms. The molecule has 0 spiro atoms. The van der Waals surface area contributed by atoms with E-state index in [1.165, 1.54) is 0 Å². The Bertz CT molecular complexity index is 607. The van der Waals surface area contributed by atoms with Gasteiger partial charge in [0.15, 0.2) is 6.10 Å². The fraction of sp³-hybridized carbons (Fsp3) is 0.235. The van der Waals surface area contributed by atoms with Crippen LogP contribution in [0.2, 0.25) is 0 Å². The number of benzene rings is 2. The highest BCUT2D eigenvalue weighted by Gasteiger charge is 2.17. The second kappa shape index (κ2) is 5.78. The van der Waals surface area contributed by atoms with Gasteiger partial charge in [-0.15, -0.1) is 0 Å². The Morgan fingerprint density at radius 1 is 1.05 bits per heavy atom. The van der Waals surface area contributed by atoms with E-state index in [0.717, 1.165) is 35.8 Å². The molecule has 1 aliphatic heterocycles. The number of ether oxygens (including phenoxy) is 1. The Balaban J connectivity index is 1.87. The summed E-state index contributed by atoms with van der Waals surface area (Å²) < 4.78 is 6.09.